The molecule has 2 N–H and O–H groups in total. The van der Waals surface area contributed by atoms with Crippen LogP contribution in [-0.2, 0) is 0 Å². The second-order valence-corrected chi connectivity index (χ2v) is 2.59. The molecule has 2 rings (SSSR count). The first-order valence-corrected chi connectivity index (χ1v) is 3.63. The lowest BCUT2D eigenvalue weighted by Crippen LogP contribution is -2.36. The number of ether oxygens (including phenoxy) is 1. The molecule has 0 unspecified atom stereocenters. The number of benzene rings is 1. The van der Waals surface area contributed by atoms with Crippen LogP contribution in [0.5, 0.6) is 5.75 Å². The predicted octanol–water partition coefficient (Wildman–Crippen LogP) is 0.919. The maximum absolute atomic E-state index is 13.0. The van der Waals surface area contributed by atoms with Gasteiger partial charge >= 0.3 is 6.09 Å². The highest BCUT2D eigenvalue weighted by molar-refractivity contribution is 5.73. The quantitative estimate of drug-likeness (QED) is 0.628. The van der Waals surface area contributed by atoms with Gasteiger partial charge in [-0.1, -0.05) is 12.1 Å². The van der Waals surface area contributed by atoms with Crippen LogP contribution in [0.1, 0.15) is 11.8 Å². The van der Waals surface area contributed by atoms with Crippen molar-refractivity contribution in [2.24, 2.45) is 0 Å². The van der Waals surface area contributed by atoms with Gasteiger partial charge in [0.25, 0.3) is 0 Å². The van der Waals surface area contributed by atoms with Crippen molar-refractivity contribution >= 4 is 6.09 Å². The Morgan fingerprint density at radius 1 is 1.54 bits per heavy atom. The number of halogens is 1. The molecule has 1 aromatic rings. The summed E-state index contributed by atoms with van der Waals surface area (Å²) in [5.41, 5.74) is 0.222. The summed E-state index contributed by atoms with van der Waals surface area (Å²) in [5, 5.41) is 11.4. The smallest absolute Gasteiger partial charge is 0.407 e. The lowest BCUT2D eigenvalue weighted by atomic mass is 10.1. The van der Waals surface area contributed by atoms with E-state index in [2.05, 4.69) is 10.1 Å². The number of fused-ring (bicyclic) bond motifs is 1. The van der Waals surface area contributed by atoms with Crippen molar-refractivity contribution in [3.05, 3.63) is 29.6 Å². The van der Waals surface area contributed by atoms with E-state index in [-0.39, 0.29) is 11.3 Å². The zero-order valence-electron chi connectivity index (χ0n) is 6.45. The van der Waals surface area contributed by atoms with Crippen LogP contribution >= 0.6 is 0 Å². The summed E-state index contributed by atoms with van der Waals surface area (Å²) in [5.74, 6) is -0.870. The highest BCUT2D eigenvalue weighted by Crippen LogP contribution is 2.29. The molecule has 0 aromatic heterocycles. The number of nitrogens with one attached hydrogen (secondary N) is 1. The fourth-order valence-corrected chi connectivity index (χ4v) is 1.16. The van der Waals surface area contributed by atoms with Gasteiger partial charge in [0.2, 0.25) is 0 Å². The monoisotopic (exact) mass is 183 g/mol. The van der Waals surface area contributed by atoms with Gasteiger partial charge in [-0.15, -0.1) is 0 Å². The first kappa shape index (κ1) is 8.00. The van der Waals surface area contributed by atoms with Crippen molar-refractivity contribution in [1.82, 2.24) is 5.32 Å². The summed E-state index contributed by atoms with van der Waals surface area (Å²) in [6.45, 7) is 0. The average Bonchev–Trinajstić information content (AvgIpc) is 2.07. The lowest BCUT2D eigenvalue weighted by molar-refractivity contribution is 0.107. The standard InChI is InChI=1S/C8H6FNO3/c9-5-3-1-2-4-6(5)13-8(12)10-7(4)11/h1-3,7,11H,(H,10,12)/t7-/m1/s1. The normalized spacial score (nSPS) is 20.2. The number of rotatable bonds is 0. The third kappa shape index (κ3) is 1.23. The van der Waals surface area contributed by atoms with Crippen molar-refractivity contribution < 1.29 is 19.0 Å². The van der Waals surface area contributed by atoms with Crippen LogP contribution in [0.15, 0.2) is 18.2 Å². The Kier molecular flexibility index (Phi) is 1.66. The molecule has 13 heavy (non-hydrogen) atoms. The summed E-state index contributed by atoms with van der Waals surface area (Å²) in [6.07, 6.45) is -2.06. The molecular formula is C8H6FNO3. The van der Waals surface area contributed by atoms with Gasteiger partial charge in [0, 0.05) is 5.56 Å². The molecular weight excluding hydrogens is 177 g/mol. The van der Waals surface area contributed by atoms with Crippen molar-refractivity contribution in [2.75, 3.05) is 0 Å². The third-order valence-corrected chi connectivity index (χ3v) is 1.74. The summed E-state index contributed by atoms with van der Waals surface area (Å²) in [7, 11) is 0. The van der Waals surface area contributed by atoms with E-state index in [1.807, 2.05) is 0 Å². The number of hydrogen-bond donors (Lipinski definition) is 2. The summed E-state index contributed by atoms with van der Waals surface area (Å²) < 4.78 is 17.5. The summed E-state index contributed by atoms with van der Waals surface area (Å²) >= 11 is 0. The largest absolute Gasteiger partial charge is 0.415 e. The van der Waals surface area contributed by atoms with Crippen molar-refractivity contribution in [3.8, 4) is 5.75 Å². The second-order valence-electron chi connectivity index (χ2n) is 2.59. The molecule has 1 aliphatic rings. The molecule has 0 bridgehead atoms. The number of carbonyl (C=O) groups excluding carboxylic acids is 1. The molecule has 1 aliphatic heterocycles. The first-order valence-electron chi connectivity index (χ1n) is 3.63. The van der Waals surface area contributed by atoms with Crippen LogP contribution in [0.2, 0.25) is 0 Å². The number of aliphatic hydroxyl groups is 1. The number of amides is 1. The Bertz CT molecular complexity index is 366. The zero-order valence-corrected chi connectivity index (χ0v) is 6.45. The maximum Gasteiger partial charge on any atom is 0.415 e. The molecule has 1 aromatic carbocycles. The molecule has 1 amide bonds. The van der Waals surface area contributed by atoms with Gasteiger partial charge in [-0.3, -0.25) is 5.32 Å². The Labute approximate surface area is 72.9 Å². The Morgan fingerprint density at radius 2 is 2.31 bits per heavy atom. The van der Waals surface area contributed by atoms with E-state index in [4.69, 9.17) is 0 Å². The first-order chi connectivity index (χ1) is 6.18. The Hall–Kier alpha value is -1.62. The predicted molar refractivity (Wildman–Crippen MR) is 40.5 cm³/mol. The number of hydrogen-bond acceptors (Lipinski definition) is 3. The molecule has 0 radical (unpaired) electrons. The molecule has 5 heteroatoms. The molecule has 1 heterocycles. The fourth-order valence-electron chi connectivity index (χ4n) is 1.16. The fraction of sp³-hybridized carbons (Fsp3) is 0.125. The van der Waals surface area contributed by atoms with E-state index in [0.29, 0.717) is 0 Å². The lowest BCUT2D eigenvalue weighted by Gasteiger charge is -2.21. The van der Waals surface area contributed by atoms with Crippen LogP contribution in [0.3, 0.4) is 0 Å². The van der Waals surface area contributed by atoms with Gasteiger partial charge in [0.15, 0.2) is 17.8 Å². The maximum atomic E-state index is 13.0. The van der Waals surface area contributed by atoms with Crippen LogP contribution in [0.4, 0.5) is 9.18 Å². The van der Waals surface area contributed by atoms with E-state index < -0.39 is 18.1 Å². The van der Waals surface area contributed by atoms with E-state index >= 15 is 0 Å². The Balaban J connectivity index is 2.54. The minimum absolute atomic E-state index is 0.209. The molecule has 1 atom stereocenters. The molecule has 0 spiro atoms. The molecule has 0 fully saturated rings. The third-order valence-electron chi connectivity index (χ3n) is 1.74. The number of aliphatic hydroxyl groups excluding tert-OH is 1. The molecule has 0 saturated heterocycles. The highest BCUT2D eigenvalue weighted by Gasteiger charge is 2.26. The SMILES string of the molecule is O=C1N[C@H](O)c2cccc(F)c2O1. The Morgan fingerprint density at radius 3 is 3.08 bits per heavy atom. The minimum atomic E-state index is -1.20. The van der Waals surface area contributed by atoms with Crippen molar-refractivity contribution in [2.45, 2.75) is 6.23 Å². The van der Waals surface area contributed by atoms with Gasteiger partial charge < -0.3 is 9.84 Å². The van der Waals surface area contributed by atoms with Crippen LogP contribution in [0, 0.1) is 5.82 Å². The topological polar surface area (TPSA) is 58.6 Å². The zero-order chi connectivity index (χ0) is 9.42. The summed E-state index contributed by atoms with van der Waals surface area (Å²) in [6, 6.07) is 4.06. The molecule has 0 aliphatic carbocycles. The van der Waals surface area contributed by atoms with Crippen molar-refractivity contribution in [3.63, 3.8) is 0 Å². The van der Waals surface area contributed by atoms with Gasteiger partial charge in [-0.2, -0.15) is 0 Å². The van der Waals surface area contributed by atoms with Crippen LogP contribution in [-0.4, -0.2) is 11.2 Å². The van der Waals surface area contributed by atoms with E-state index in [0.717, 1.165) is 6.07 Å². The summed E-state index contributed by atoms with van der Waals surface area (Å²) in [4.78, 5) is 10.7. The van der Waals surface area contributed by atoms with Gasteiger partial charge in [0.05, 0.1) is 0 Å². The average molecular weight is 183 g/mol. The van der Waals surface area contributed by atoms with Gasteiger partial charge in [0.1, 0.15) is 0 Å². The number of para-hydroxylation sites is 1. The molecule has 68 valence electrons. The van der Waals surface area contributed by atoms with Crippen LogP contribution < -0.4 is 10.1 Å². The van der Waals surface area contributed by atoms with Crippen molar-refractivity contribution in [1.29, 1.82) is 0 Å². The molecule has 4 nitrogen and oxygen atoms in total. The van der Waals surface area contributed by atoms with E-state index in [9.17, 15) is 14.3 Å². The minimum Gasteiger partial charge on any atom is -0.407 e. The second kappa shape index (κ2) is 2.70. The van der Waals surface area contributed by atoms with Gasteiger partial charge in [-0.25, -0.2) is 9.18 Å². The number of carbonyl (C=O) groups is 1. The van der Waals surface area contributed by atoms with Crippen LogP contribution in [0.25, 0.3) is 0 Å². The van der Waals surface area contributed by atoms with E-state index in [1.54, 1.807) is 0 Å². The molecule has 0 saturated carbocycles. The highest BCUT2D eigenvalue weighted by atomic mass is 19.1. The van der Waals surface area contributed by atoms with Gasteiger partial charge in [-0.05, 0) is 6.07 Å². The van der Waals surface area contributed by atoms with E-state index in [1.165, 1.54) is 12.1 Å².